The Bertz CT molecular complexity index is 923. The zero-order chi connectivity index (χ0) is 21.6. The molecule has 1 fully saturated rings. The maximum Gasteiger partial charge on any atom is 0.243 e. The van der Waals surface area contributed by atoms with Crippen LogP contribution in [0.15, 0.2) is 59.5 Å². The summed E-state index contributed by atoms with van der Waals surface area (Å²) in [5.74, 6) is 0.443. The van der Waals surface area contributed by atoms with Crippen molar-refractivity contribution in [3.63, 3.8) is 0 Å². The van der Waals surface area contributed by atoms with Gasteiger partial charge in [0.25, 0.3) is 0 Å². The van der Waals surface area contributed by atoms with E-state index in [0.29, 0.717) is 0 Å². The predicted octanol–water partition coefficient (Wildman–Crippen LogP) is 3.90. The van der Waals surface area contributed by atoms with E-state index in [2.05, 4.69) is 5.32 Å². The molecule has 6 nitrogen and oxygen atoms in total. The van der Waals surface area contributed by atoms with Gasteiger partial charge >= 0.3 is 0 Å². The van der Waals surface area contributed by atoms with E-state index < -0.39 is 10.0 Å². The van der Waals surface area contributed by atoms with Crippen molar-refractivity contribution in [3.05, 3.63) is 60.2 Å². The summed E-state index contributed by atoms with van der Waals surface area (Å²) < 4.78 is 33.2. The summed E-state index contributed by atoms with van der Waals surface area (Å²) in [6, 6.07) is 15.4. The fourth-order valence-corrected chi connectivity index (χ4v) is 5.57. The van der Waals surface area contributed by atoms with Crippen LogP contribution < -0.4 is 10.1 Å². The molecule has 0 aliphatic heterocycles. The van der Waals surface area contributed by atoms with Crippen LogP contribution in [0.3, 0.4) is 0 Å². The van der Waals surface area contributed by atoms with Gasteiger partial charge in [-0.2, -0.15) is 4.31 Å². The molecule has 0 unspecified atom stereocenters. The largest absolute Gasteiger partial charge is 0.497 e. The molecule has 0 spiro atoms. The molecule has 3 rings (SSSR count). The molecule has 0 heterocycles. The molecule has 2 aromatic carbocycles. The van der Waals surface area contributed by atoms with Crippen molar-refractivity contribution in [2.24, 2.45) is 0 Å². The van der Waals surface area contributed by atoms with E-state index in [9.17, 15) is 13.2 Å². The number of amides is 1. The summed E-state index contributed by atoms with van der Waals surface area (Å²) >= 11 is 0. The van der Waals surface area contributed by atoms with Gasteiger partial charge in [0.15, 0.2) is 0 Å². The zero-order valence-electron chi connectivity index (χ0n) is 17.6. The summed E-state index contributed by atoms with van der Waals surface area (Å²) in [4.78, 5) is 13.1. The first-order valence-electron chi connectivity index (χ1n) is 10.4. The van der Waals surface area contributed by atoms with Crippen LogP contribution in [0, 0.1) is 0 Å². The molecule has 1 saturated carbocycles. The van der Waals surface area contributed by atoms with Crippen molar-refractivity contribution in [1.29, 1.82) is 0 Å². The number of carbonyl (C=O) groups excluding carboxylic acids is 1. The van der Waals surface area contributed by atoms with Crippen LogP contribution in [-0.2, 0) is 14.8 Å². The molecule has 0 radical (unpaired) electrons. The first-order valence-corrected chi connectivity index (χ1v) is 11.9. The SMILES string of the molecule is COc1ccc([C@@H](C)NC(=O)CN(C2CCCCC2)S(=O)(=O)c2ccccc2)cc1. The van der Waals surface area contributed by atoms with Crippen LogP contribution in [0.5, 0.6) is 5.75 Å². The average molecular weight is 431 g/mol. The van der Waals surface area contributed by atoms with Crippen molar-refractivity contribution in [1.82, 2.24) is 9.62 Å². The van der Waals surface area contributed by atoms with E-state index in [0.717, 1.165) is 43.4 Å². The fourth-order valence-electron chi connectivity index (χ4n) is 3.91. The van der Waals surface area contributed by atoms with Gasteiger partial charge < -0.3 is 10.1 Å². The minimum absolute atomic E-state index is 0.147. The number of benzene rings is 2. The molecule has 30 heavy (non-hydrogen) atoms. The number of rotatable bonds is 8. The first kappa shape index (κ1) is 22.3. The monoisotopic (exact) mass is 430 g/mol. The third kappa shape index (κ3) is 5.40. The lowest BCUT2D eigenvalue weighted by Crippen LogP contribution is -2.47. The molecule has 0 bridgehead atoms. The minimum Gasteiger partial charge on any atom is -0.497 e. The maximum atomic E-state index is 13.3. The number of ether oxygens (including phenoxy) is 1. The van der Waals surface area contributed by atoms with Crippen LogP contribution in [0.1, 0.15) is 50.6 Å². The Morgan fingerprint density at radius 2 is 1.70 bits per heavy atom. The minimum atomic E-state index is -3.75. The topological polar surface area (TPSA) is 75.7 Å². The molecule has 1 amide bonds. The third-order valence-electron chi connectivity index (χ3n) is 5.62. The molecule has 1 atom stereocenters. The Labute approximate surface area is 179 Å². The van der Waals surface area contributed by atoms with E-state index in [1.54, 1.807) is 37.4 Å². The molecule has 1 N–H and O–H groups in total. The average Bonchev–Trinajstić information content (AvgIpc) is 2.78. The number of methoxy groups -OCH3 is 1. The van der Waals surface area contributed by atoms with Crippen molar-refractivity contribution in [3.8, 4) is 5.75 Å². The Morgan fingerprint density at radius 3 is 2.30 bits per heavy atom. The summed E-state index contributed by atoms with van der Waals surface area (Å²) in [6.07, 6.45) is 4.64. The molecular weight excluding hydrogens is 400 g/mol. The standard InChI is InChI=1S/C23H30N2O4S/c1-18(19-13-15-21(29-2)16-14-19)24-23(26)17-25(20-9-5-3-6-10-20)30(27,28)22-11-7-4-8-12-22/h4,7-8,11-16,18,20H,3,5-6,9-10,17H2,1-2H3,(H,24,26)/t18-/m1/s1. The van der Waals surface area contributed by atoms with Gasteiger partial charge in [0.1, 0.15) is 5.75 Å². The van der Waals surface area contributed by atoms with E-state index in [1.165, 1.54) is 4.31 Å². The lowest BCUT2D eigenvalue weighted by atomic mass is 9.95. The van der Waals surface area contributed by atoms with Crippen molar-refractivity contribution < 1.29 is 17.9 Å². The van der Waals surface area contributed by atoms with Gasteiger partial charge in [-0.3, -0.25) is 4.79 Å². The number of hydrogen-bond acceptors (Lipinski definition) is 4. The highest BCUT2D eigenvalue weighted by Crippen LogP contribution is 2.28. The second-order valence-corrected chi connectivity index (χ2v) is 9.61. The highest BCUT2D eigenvalue weighted by molar-refractivity contribution is 7.89. The summed E-state index contributed by atoms with van der Waals surface area (Å²) in [7, 11) is -2.14. The van der Waals surface area contributed by atoms with E-state index >= 15 is 0 Å². The Hall–Kier alpha value is -2.38. The Balaban J connectivity index is 1.75. The third-order valence-corrected chi connectivity index (χ3v) is 7.54. The number of carbonyl (C=O) groups is 1. The van der Waals surface area contributed by atoms with Gasteiger partial charge in [0, 0.05) is 6.04 Å². The van der Waals surface area contributed by atoms with E-state index in [-0.39, 0.29) is 29.4 Å². The predicted molar refractivity (Wildman–Crippen MR) is 117 cm³/mol. The van der Waals surface area contributed by atoms with Gasteiger partial charge in [-0.1, -0.05) is 49.6 Å². The first-order chi connectivity index (χ1) is 14.4. The highest BCUT2D eigenvalue weighted by Gasteiger charge is 2.34. The van der Waals surface area contributed by atoms with E-state index in [1.807, 2.05) is 31.2 Å². The van der Waals surface area contributed by atoms with Crippen LogP contribution >= 0.6 is 0 Å². The van der Waals surface area contributed by atoms with Gasteiger partial charge in [0.05, 0.1) is 24.6 Å². The van der Waals surface area contributed by atoms with Crippen molar-refractivity contribution in [2.75, 3.05) is 13.7 Å². The van der Waals surface area contributed by atoms with Gasteiger partial charge in [0.2, 0.25) is 15.9 Å². The van der Waals surface area contributed by atoms with Gasteiger partial charge in [-0.25, -0.2) is 8.42 Å². The molecule has 162 valence electrons. The van der Waals surface area contributed by atoms with Crippen LogP contribution in [0.4, 0.5) is 0 Å². The molecule has 7 heteroatoms. The molecule has 0 aromatic heterocycles. The van der Waals surface area contributed by atoms with Crippen molar-refractivity contribution >= 4 is 15.9 Å². The number of nitrogens with one attached hydrogen (secondary N) is 1. The summed E-state index contributed by atoms with van der Waals surface area (Å²) in [5.41, 5.74) is 0.930. The second-order valence-electron chi connectivity index (χ2n) is 7.72. The van der Waals surface area contributed by atoms with Crippen molar-refractivity contribution in [2.45, 2.75) is 56.0 Å². The fraction of sp³-hybridized carbons (Fsp3) is 0.435. The van der Waals surface area contributed by atoms with Crippen LogP contribution in [-0.4, -0.2) is 38.3 Å². The lowest BCUT2D eigenvalue weighted by molar-refractivity contribution is -0.122. The summed E-state index contributed by atoms with van der Waals surface area (Å²) in [5, 5.41) is 2.94. The number of hydrogen-bond donors (Lipinski definition) is 1. The second kappa shape index (κ2) is 10.1. The van der Waals surface area contributed by atoms with E-state index in [4.69, 9.17) is 4.74 Å². The summed E-state index contributed by atoms with van der Waals surface area (Å²) in [6.45, 7) is 1.71. The molecule has 0 saturated heterocycles. The highest BCUT2D eigenvalue weighted by atomic mass is 32.2. The lowest BCUT2D eigenvalue weighted by Gasteiger charge is -2.33. The van der Waals surface area contributed by atoms with Crippen LogP contribution in [0.25, 0.3) is 0 Å². The molecule has 2 aromatic rings. The maximum absolute atomic E-state index is 13.3. The van der Waals surface area contributed by atoms with Crippen LogP contribution in [0.2, 0.25) is 0 Å². The molecule has 1 aliphatic rings. The normalized spacial score (nSPS) is 16.2. The molecule has 1 aliphatic carbocycles. The quantitative estimate of drug-likeness (QED) is 0.689. The Kier molecular flexibility index (Phi) is 7.50. The number of nitrogens with zero attached hydrogens (tertiary/aromatic N) is 1. The van der Waals surface area contributed by atoms with Gasteiger partial charge in [-0.15, -0.1) is 0 Å². The molecular formula is C23H30N2O4S. The number of sulfonamides is 1. The smallest absolute Gasteiger partial charge is 0.243 e. The van der Waals surface area contributed by atoms with Gasteiger partial charge in [-0.05, 0) is 49.6 Å². The Morgan fingerprint density at radius 1 is 1.07 bits per heavy atom. The zero-order valence-corrected chi connectivity index (χ0v) is 18.4.